The van der Waals surface area contributed by atoms with Crippen molar-refractivity contribution in [1.29, 1.82) is 0 Å². The third kappa shape index (κ3) is 4.90. The van der Waals surface area contributed by atoms with Crippen molar-refractivity contribution in [2.45, 2.75) is 26.3 Å². The van der Waals surface area contributed by atoms with Crippen LogP contribution in [-0.4, -0.2) is 60.2 Å². The highest BCUT2D eigenvalue weighted by Gasteiger charge is 2.19. The summed E-state index contributed by atoms with van der Waals surface area (Å²) < 4.78 is 9.43. The van der Waals surface area contributed by atoms with Gasteiger partial charge >= 0.3 is 0 Å². The SMILES string of the molecule is COCCc1nsc(Nc2cccc(N3CCN(C(C)C)CC3)c2)n1. The zero-order valence-corrected chi connectivity index (χ0v) is 16.1. The molecule has 0 aliphatic carbocycles. The number of hydrogen-bond donors (Lipinski definition) is 1. The molecule has 0 atom stereocenters. The Morgan fingerprint density at radius 3 is 2.76 bits per heavy atom. The minimum Gasteiger partial charge on any atom is -0.384 e. The molecule has 0 radical (unpaired) electrons. The van der Waals surface area contributed by atoms with E-state index in [9.17, 15) is 0 Å². The quantitative estimate of drug-likeness (QED) is 0.818. The number of hydrogen-bond acceptors (Lipinski definition) is 7. The molecule has 0 amide bonds. The van der Waals surface area contributed by atoms with Crippen LogP contribution in [0, 0.1) is 0 Å². The van der Waals surface area contributed by atoms with Crippen LogP contribution in [-0.2, 0) is 11.2 Å². The summed E-state index contributed by atoms with van der Waals surface area (Å²) in [7, 11) is 1.69. The number of anilines is 3. The van der Waals surface area contributed by atoms with Gasteiger partial charge in [-0.25, -0.2) is 4.98 Å². The first-order valence-electron chi connectivity index (χ1n) is 8.83. The van der Waals surface area contributed by atoms with E-state index < -0.39 is 0 Å². The molecule has 136 valence electrons. The Morgan fingerprint density at radius 2 is 2.04 bits per heavy atom. The van der Waals surface area contributed by atoms with Crippen LogP contribution in [0.15, 0.2) is 24.3 Å². The monoisotopic (exact) mass is 361 g/mol. The topological polar surface area (TPSA) is 53.5 Å². The number of nitrogens with one attached hydrogen (secondary N) is 1. The highest BCUT2D eigenvalue weighted by Crippen LogP contribution is 2.24. The summed E-state index contributed by atoms with van der Waals surface area (Å²) in [6.07, 6.45) is 0.745. The highest BCUT2D eigenvalue weighted by atomic mass is 32.1. The Balaban J connectivity index is 1.61. The lowest BCUT2D eigenvalue weighted by atomic mass is 10.2. The molecule has 1 saturated heterocycles. The lowest BCUT2D eigenvalue weighted by molar-refractivity contribution is 0.201. The molecule has 1 aromatic heterocycles. The zero-order valence-electron chi connectivity index (χ0n) is 15.2. The maximum Gasteiger partial charge on any atom is 0.207 e. The lowest BCUT2D eigenvalue weighted by Gasteiger charge is -2.38. The molecule has 3 rings (SSSR count). The molecule has 0 saturated carbocycles. The molecule has 2 heterocycles. The summed E-state index contributed by atoms with van der Waals surface area (Å²) in [6, 6.07) is 9.17. The minimum atomic E-state index is 0.625. The fourth-order valence-corrected chi connectivity index (χ4v) is 3.63. The Labute approximate surface area is 154 Å². The van der Waals surface area contributed by atoms with Crippen LogP contribution in [0.25, 0.3) is 0 Å². The van der Waals surface area contributed by atoms with Gasteiger partial charge in [0.1, 0.15) is 5.82 Å². The number of benzene rings is 1. The molecule has 0 unspecified atom stereocenters. The van der Waals surface area contributed by atoms with Gasteiger partial charge in [-0.1, -0.05) is 6.07 Å². The van der Waals surface area contributed by atoms with E-state index in [2.05, 4.69) is 62.6 Å². The lowest BCUT2D eigenvalue weighted by Crippen LogP contribution is -2.48. The van der Waals surface area contributed by atoms with E-state index in [1.807, 2.05) is 0 Å². The van der Waals surface area contributed by atoms with Crippen molar-refractivity contribution in [1.82, 2.24) is 14.3 Å². The average molecular weight is 362 g/mol. The van der Waals surface area contributed by atoms with Crippen molar-refractivity contribution in [3.8, 4) is 0 Å². The van der Waals surface area contributed by atoms with Crippen LogP contribution in [0.3, 0.4) is 0 Å². The smallest absolute Gasteiger partial charge is 0.207 e. The van der Waals surface area contributed by atoms with E-state index in [1.54, 1.807) is 7.11 Å². The van der Waals surface area contributed by atoms with Gasteiger partial charge in [0, 0.05) is 68.7 Å². The maximum absolute atomic E-state index is 5.07. The number of aromatic nitrogens is 2. The van der Waals surface area contributed by atoms with E-state index in [1.165, 1.54) is 17.2 Å². The van der Waals surface area contributed by atoms with Crippen molar-refractivity contribution in [2.75, 3.05) is 50.1 Å². The molecule has 0 spiro atoms. The van der Waals surface area contributed by atoms with Crippen molar-refractivity contribution in [3.63, 3.8) is 0 Å². The van der Waals surface area contributed by atoms with Crippen molar-refractivity contribution in [3.05, 3.63) is 30.1 Å². The van der Waals surface area contributed by atoms with Gasteiger partial charge in [0.2, 0.25) is 5.13 Å². The van der Waals surface area contributed by atoms with Gasteiger partial charge < -0.3 is 15.0 Å². The number of ether oxygens (including phenoxy) is 1. The number of nitrogens with zero attached hydrogens (tertiary/aromatic N) is 4. The number of rotatable bonds is 7. The second kappa shape index (κ2) is 8.60. The fourth-order valence-electron chi connectivity index (χ4n) is 3.00. The summed E-state index contributed by atoms with van der Waals surface area (Å²) in [5.74, 6) is 0.829. The first kappa shape index (κ1) is 18.1. The summed E-state index contributed by atoms with van der Waals surface area (Å²) in [5.41, 5.74) is 2.32. The van der Waals surface area contributed by atoms with Crippen LogP contribution in [0.2, 0.25) is 0 Å². The molecule has 1 fully saturated rings. The van der Waals surface area contributed by atoms with Crippen molar-refractivity contribution >= 4 is 28.0 Å². The van der Waals surface area contributed by atoms with Gasteiger partial charge in [0.05, 0.1) is 6.61 Å². The first-order chi connectivity index (χ1) is 12.2. The van der Waals surface area contributed by atoms with Gasteiger partial charge in [-0.2, -0.15) is 4.37 Å². The second-order valence-electron chi connectivity index (χ2n) is 6.55. The molecule has 7 heteroatoms. The van der Waals surface area contributed by atoms with Gasteiger partial charge in [0.15, 0.2) is 0 Å². The molecule has 1 aromatic carbocycles. The summed E-state index contributed by atoms with van der Waals surface area (Å²) in [4.78, 5) is 9.49. The normalized spacial score (nSPS) is 15.8. The summed E-state index contributed by atoms with van der Waals surface area (Å²) in [5, 5.41) is 4.20. The molecule has 25 heavy (non-hydrogen) atoms. The standard InChI is InChI=1S/C18H27N5OS/c1-14(2)22-8-10-23(11-9-22)16-6-4-5-15(13-16)19-18-20-17(21-25-18)7-12-24-3/h4-6,13-14H,7-12H2,1-3H3,(H,19,20,21). The number of piperazine rings is 1. The first-order valence-corrected chi connectivity index (χ1v) is 9.60. The van der Waals surface area contributed by atoms with Gasteiger partial charge in [-0.05, 0) is 32.0 Å². The average Bonchev–Trinajstić information content (AvgIpc) is 3.07. The molecule has 1 N–H and O–H groups in total. The molecule has 1 aliphatic rings. The molecule has 0 bridgehead atoms. The van der Waals surface area contributed by atoms with E-state index in [4.69, 9.17) is 4.74 Å². The number of methoxy groups -OCH3 is 1. The Hall–Kier alpha value is -1.70. The zero-order chi connectivity index (χ0) is 17.6. The van der Waals surface area contributed by atoms with E-state index in [0.717, 1.165) is 49.2 Å². The third-order valence-corrected chi connectivity index (χ3v) is 5.17. The second-order valence-corrected chi connectivity index (χ2v) is 7.30. The van der Waals surface area contributed by atoms with E-state index in [0.29, 0.717) is 12.6 Å². The predicted molar refractivity (Wildman–Crippen MR) is 104 cm³/mol. The molecule has 2 aromatic rings. The Bertz CT molecular complexity index is 667. The van der Waals surface area contributed by atoms with Crippen LogP contribution in [0.5, 0.6) is 0 Å². The van der Waals surface area contributed by atoms with Crippen molar-refractivity contribution < 1.29 is 4.74 Å². The Kier molecular flexibility index (Phi) is 6.23. The van der Waals surface area contributed by atoms with Gasteiger partial charge in [0.25, 0.3) is 0 Å². The maximum atomic E-state index is 5.07. The van der Waals surface area contributed by atoms with Crippen LogP contribution in [0.4, 0.5) is 16.5 Å². The highest BCUT2D eigenvalue weighted by molar-refractivity contribution is 7.09. The van der Waals surface area contributed by atoms with Crippen LogP contribution in [0.1, 0.15) is 19.7 Å². The van der Waals surface area contributed by atoms with E-state index in [-0.39, 0.29) is 0 Å². The van der Waals surface area contributed by atoms with Gasteiger partial charge in [-0.3, -0.25) is 4.90 Å². The molecule has 1 aliphatic heterocycles. The molecular weight excluding hydrogens is 334 g/mol. The van der Waals surface area contributed by atoms with Crippen LogP contribution < -0.4 is 10.2 Å². The largest absolute Gasteiger partial charge is 0.384 e. The fraction of sp³-hybridized carbons (Fsp3) is 0.556. The van der Waals surface area contributed by atoms with Crippen molar-refractivity contribution in [2.24, 2.45) is 0 Å². The Morgan fingerprint density at radius 1 is 1.24 bits per heavy atom. The predicted octanol–water partition coefficient (Wildman–Crippen LogP) is 3.00. The van der Waals surface area contributed by atoms with Crippen LogP contribution >= 0.6 is 11.5 Å². The minimum absolute atomic E-state index is 0.625. The third-order valence-electron chi connectivity index (χ3n) is 4.51. The molecular formula is C18H27N5OS. The summed E-state index contributed by atoms with van der Waals surface area (Å²) in [6.45, 7) is 9.56. The van der Waals surface area contributed by atoms with Gasteiger partial charge in [-0.15, -0.1) is 0 Å². The van der Waals surface area contributed by atoms with E-state index >= 15 is 0 Å². The summed E-state index contributed by atoms with van der Waals surface area (Å²) >= 11 is 1.39. The molecule has 6 nitrogen and oxygen atoms in total.